The Bertz CT molecular complexity index is 16.0. The zero-order chi connectivity index (χ0) is 3.58. The van der Waals surface area contributed by atoms with Crippen molar-refractivity contribution in [3.63, 3.8) is 0 Å². The summed E-state index contributed by atoms with van der Waals surface area (Å²) in [6.45, 7) is -0.423. The van der Waals surface area contributed by atoms with E-state index in [1.165, 1.54) is 0 Å². The second-order valence-electron chi connectivity index (χ2n) is 0.214. The standard InChI is InChI=1S/3HI.4H2O.Ti/h3*1H;4*1H2;/q;;;;;;;+3/p-3. The SMILES string of the molecule is O.O.O.O.[I][Ti]([I])[I]. The van der Waals surface area contributed by atoms with E-state index in [0.717, 1.165) is 0 Å². The van der Waals surface area contributed by atoms with Crippen LogP contribution < -0.4 is 0 Å². The third-order valence-corrected chi connectivity index (χ3v) is 0. The van der Waals surface area contributed by atoms with E-state index in [9.17, 15) is 0 Å². The van der Waals surface area contributed by atoms with Gasteiger partial charge in [-0.2, -0.15) is 0 Å². The van der Waals surface area contributed by atoms with E-state index in [2.05, 4.69) is 57.6 Å². The van der Waals surface area contributed by atoms with Gasteiger partial charge in [-0.3, -0.25) is 0 Å². The van der Waals surface area contributed by atoms with Crippen molar-refractivity contribution in [1.29, 1.82) is 0 Å². The van der Waals surface area contributed by atoms with Gasteiger partial charge in [0, 0.05) is 0 Å². The fourth-order valence-electron chi connectivity index (χ4n) is 0. The van der Waals surface area contributed by atoms with Gasteiger partial charge >= 0.3 is 64.2 Å². The Hall–Kier alpha value is 2.74. The van der Waals surface area contributed by atoms with E-state index in [-0.39, 0.29) is 21.9 Å². The number of halogens is 3. The molecule has 8 N–H and O–H groups in total. The summed E-state index contributed by atoms with van der Waals surface area (Å²) in [5.74, 6) is 0. The summed E-state index contributed by atoms with van der Waals surface area (Å²) < 4.78 is 0. The Balaban J connectivity index is -0.00000000750. The molecule has 0 radical (unpaired) electrons. The topological polar surface area (TPSA) is 126 Å². The van der Waals surface area contributed by atoms with Gasteiger partial charge in [-0.25, -0.2) is 0 Å². The van der Waals surface area contributed by atoms with Crippen molar-refractivity contribution in [2.24, 2.45) is 0 Å². The molecule has 0 atom stereocenters. The third kappa shape index (κ3) is 69.6. The molecule has 0 aliphatic heterocycles. The van der Waals surface area contributed by atoms with Gasteiger partial charge in [0.1, 0.15) is 0 Å². The third-order valence-electron chi connectivity index (χ3n) is 0. The van der Waals surface area contributed by atoms with Gasteiger partial charge in [0.25, 0.3) is 0 Å². The molecular formula is H8I3O4Ti. The minimum absolute atomic E-state index is 0. The molecule has 0 aliphatic rings. The fourth-order valence-corrected chi connectivity index (χ4v) is 0. The molecule has 0 saturated heterocycles. The summed E-state index contributed by atoms with van der Waals surface area (Å²) in [6.07, 6.45) is 0. The first-order chi connectivity index (χ1) is 1.73. The van der Waals surface area contributed by atoms with Gasteiger partial charge in [0.2, 0.25) is 0 Å². The number of hydrogen-bond acceptors (Lipinski definition) is 0. The second-order valence-corrected chi connectivity index (χ2v) is 39.8. The van der Waals surface area contributed by atoms with E-state index in [1.54, 1.807) is 0 Å². The molecule has 0 rings (SSSR count). The molecule has 0 aromatic rings. The summed E-state index contributed by atoms with van der Waals surface area (Å²) in [4.78, 5) is 0. The fraction of sp³-hybridized carbons (Fsp3) is 0. The van der Waals surface area contributed by atoms with Gasteiger partial charge in [-0.15, -0.1) is 0 Å². The maximum atomic E-state index is 2.48. The Morgan fingerprint density at radius 1 is 0.625 bits per heavy atom. The number of rotatable bonds is 0. The molecule has 0 saturated carbocycles. The van der Waals surface area contributed by atoms with E-state index in [0.29, 0.717) is 0 Å². The van der Waals surface area contributed by atoms with Crippen molar-refractivity contribution in [3.8, 4) is 0 Å². The first-order valence-corrected chi connectivity index (χ1v) is 15.7. The Labute approximate surface area is 84.3 Å². The second kappa shape index (κ2) is 22.6. The molecule has 0 fully saturated rings. The summed E-state index contributed by atoms with van der Waals surface area (Å²) in [5.41, 5.74) is 0. The zero-order valence-corrected chi connectivity index (χ0v) is 11.7. The van der Waals surface area contributed by atoms with Gasteiger partial charge in [0.15, 0.2) is 0 Å². The molecule has 0 aromatic heterocycles. The van der Waals surface area contributed by atoms with Crippen LogP contribution in [0.5, 0.6) is 0 Å². The summed E-state index contributed by atoms with van der Waals surface area (Å²) in [7, 11) is 0. The molecule has 0 amide bonds. The molecule has 0 aromatic carbocycles. The molecule has 57 valence electrons. The van der Waals surface area contributed by atoms with Gasteiger partial charge in [0.05, 0.1) is 0 Å². The van der Waals surface area contributed by atoms with Crippen LogP contribution in [0.25, 0.3) is 0 Å². The average molecular weight is 501 g/mol. The molecule has 0 bridgehead atoms. The molecule has 0 spiro atoms. The quantitative estimate of drug-likeness (QED) is 0.310. The van der Waals surface area contributed by atoms with Crippen LogP contribution in [0.1, 0.15) is 0 Å². The average Bonchev–Trinajstić information content (AvgIpc) is 0.811. The van der Waals surface area contributed by atoms with Crippen molar-refractivity contribution >= 4 is 57.6 Å². The Morgan fingerprint density at radius 3 is 0.625 bits per heavy atom. The van der Waals surface area contributed by atoms with Crippen LogP contribution >= 0.6 is 57.6 Å². The minimum atomic E-state index is -0.423. The molecule has 0 aliphatic carbocycles. The summed E-state index contributed by atoms with van der Waals surface area (Å²) >= 11 is 7.45. The van der Waals surface area contributed by atoms with Crippen molar-refractivity contribution in [2.75, 3.05) is 0 Å². The van der Waals surface area contributed by atoms with Crippen molar-refractivity contribution < 1.29 is 28.5 Å². The van der Waals surface area contributed by atoms with Crippen LogP contribution in [-0.4, -0.2) is 21.9 Å². The van der Waals surface area contributed by atoms with E-state index in [1.807, 2.05) is 0 Å². The van der Waals surface area contributed by atoms with Crippen LogP contribution in [0, 0.1) is 0 Å². The first kappa shape index (κ1) is 30.9. The summed E-state index contributed by atoms with van der Waals surface area (Å²) in [6, 6.07) is 0. The van der Waals surface area contributed by atoms with Gasteiger partial charge in [-0.05, 0) is 0 Å². The van der Waals surface area contributed by atoms with Crippen LogP contribution in [0.4, 0.5) is 0 Å². The first-order valence-electron chi connectivity index (χ1n) is 0.567. The van der Waals surface area contributed by atoms with E-state index < -0.39 is 6.63 Å². The van der Waals surface area contributed by atoms with Gasteiger partial charge < -0.3 is 21.9 Å². The van der Waals surface area contributed by atoms with Crippen LogP contribution in [0.2, 0.25) is 0 Å². The predicted molar refractivity (Wildman–Crippen MR) is 56.5 cm³/mol. The number of hydrogen-bond donors (Lipinski definition) is 0. The van der Waals surface area contributed by atoms with E-state index in [4.69, 9.17) is 0 Å². The van der Waals surface area contributed by atoms with Crippen molar-refractivity contribution in [3.05, 3.63) is 0 Å². The molecule has 8 heavy (non-hydrogen) atoms. The van der Waals surface area contributed by atoms with Gasteiger partial charge in [-0.1, -0.05) is 0 Å². The van der Waals surface area contributed by atoms with Crippen LogP contribution in [0.15, 0.2) is 0 Å². The molecule has 8 heteroatoms. The van der Waals surface area contributed by atoms with E-state index >= 15 is 0 Å². The van der Waals surface area contributed by atoms with Crippen molar-refractivity contribution in [1.82, 2.24) is 0 Å². The van der Waals surface area contributed by atoms with Crippen molar-refractivity contribution in [2.45, 2.75) is 0 Å². The summed E-state index contributed by atoms with van der Waals surface area (Å²) in [5, 5.41) is 0. The monoisotopic (exact) mass is 501 g/mol. The maximum absolute atomic E-state index is 2.48. The Kier molecular flexibility index (Phi) is 87.3. The zero-order valence-electron chi connectivity index (χ0n) is 3.63. The molecular weight excluding hydrogens is 493 g/mol. The molecule has 0 heterocycles. The Morgan fingerprint density at radius 2 is 0.625 bits per heavy atom. The van der Waals surface area contributed by atoms with Crippen LogP contribution in [-0.2, 0) is 6.63 Å². The normalized spacial score (nSPS) is 3.38. The predicted octanol–water partition coefficient (Wildman–Crippen LogP) is -0.644. The molecule has 4 nitrogen and oxygen atoms in total. The van der Waals surface area contributed by atoms with Crippen LogP contribution in [0.3, 0.4) is 0 Å². The molecule has 0 unspecified atom stereocenters.